The highest BCUT2D eigenvalue weighted by Crippen LogP contribution is 2.17. The molecule has 0 aromatic heterocycles. The smallest absolute Gasteiger partial charge is 0.123 e. The molecule has 2 N–H and O–H groups in total. The molecule has 1 rings (SSSR count). The van der Waals surface area contributed by atoms with Gasteiger partial charge < -0.3 is 10.6 Å². The van der Waals surface area contributed by atoms with Crippen molar-refractivity contribution in [1.82, 2.24) is 4.90 Å². The van der Waals surface area contributed by atoms with Gasteiger partial charge in [-0.25, -0.2) is 4.39 Å². The van der Waals surface area contributed by atoms with Crippen LogP contribution >= 0.6 is 11.8 Å². The van der Waals surface area contributed by atoms with Crippen LogP contribution in [0.5, 0.6) is 0 Å². The highest BCUT2D eigenvalue weighted by atomic mass is 32.2. The molecule has 0 aliphatic rings. The third kappa shape index (κ3) is 5.16. The van der Waals surface area contributed by atoms with Gasteiger partial charge in [-0.1, -0.05) is 0 Å². The lowest BCUT2D eigenvalue weighted by Crippen LogP contribution is -2.27. The first kappa shape index (κ1) is 12.5. The lowest BCUT2D eigenvalue weighted by molar-refractivity contribution is 0.366. The summed E-state index contributed by atoms with van der Waals surface area (Å²) in [5.74, 6) is 0.821. The molecule has 0 fully saturated rings. The van der Waals surface area contributed by atoms with E-state index in [2.05, 4.69) is 11.9 Å². The molecule has 0 aliphatic heterocycles. The van der Waals surface area contributed by atoms with E-state index in [1.807, 2.05) is 12.1 Å². The highest BCUT2D eigenvalue weighted by molar-refractivity contribution is 7.99. The lowest BCUT2D eigenvalue weighted by Gasteiger charge is -2.14. The zero-order valence-electron chi connectivity index (χ0n) is 8.95. The zero-order valence-corrected chi connectivity index (χ0v) is 9.77. The minimum atomic E-state index is -0.181. The number of halogens is 1. The van der Waals surface area contributed by atoms with E-state index in [1.165, 1.54) is 12.1 Å². The Morgan fingerprint density at radius 1 is 1.27 bits per heavy atom. The van der Waals surface area contributed by atoms with Gasteiger partial charge in [0.25, 0.3) is 0 Å². The second-order valence-electron chi connectivity index (χ2n) is 3.39. The Morgan fingerprint density at radius 3 is 2.53 bits per heavy atom. The van der Waals surface area contributed by atoms with Gasteiger partial charge in [0.1, 0.15) is 5.82 Å². The van der Waals surface area contributed by atoms with Crippen LogP contribution in [0.2, 0.25) is 0 Å². The Hall–Kier alpha value is -0.580. The second kappa shape index (κ2) is 6.82. The molecule has 0 radical (unpaired) electrons. The number of thioether (sulfide) groups is 1. The molecule has 0 heterocycles. The van der Waals surface area contributed by atoms with Crippen LogP contribution < -0.4 is 5.73 Å². The van der Waals surface area contributed by atoms with Crippen molar-refractivity contribution in [2.45, 2.75) is 4.90 Å². The summed E-state index contributed by atoms with van der Waals surface area (Å²) in [5, 5.41) is 0. The van der Waals surface area contributed by atoms with Crippen molar-refractivity contribution in [1.29, 1.82) is 0 Å². The minimum absolute atomic E-state index is 0.181. The predicted octanol–water partition coefficient (Wildman–Crippen LogP) is 1.81. The van der Waals surface area contributed by atoms with Gasteiger partial charge in [0.05, 0.1) is 0 Å². The molecule has 0 spiro atoms. The summed E-state index contributed by atoms with van der Waals surface area (Å²) in [6, 6.07) is 6.60. The quantitative estimate of drug-likeness (QED) is 0.753. The topological polar surface area (TPSA) is 29.3 Å². The van der Waals surface area contributed by atoms with Crippen LogP contribution in [0, 0.1) is 5.82 Å². The van der Waals surface area contributed by atoms with Crippen molar-refractivity contribution in [3.8, 4) is 0 Å². The van der Waals surface area contributed by atoms with Gasteiger partial charge >= 0.3 is 0 Å². The third-order valence-electron chi connectivity index (χ3n) is 2.07. The zero-order chi connectivity index (χ0) is 11.1. The molecular formula is C11H17FN2S. The van der Waals surface area contributed by atoms with E-state index < -0.39 is 0 Å². The fraction of sp³-hybridized carbons (Fsp3) is 0.455. The molecule has 0 atom stereocenters. The van der Waals surface area contributed by atoms with E-state index in [1.54, 1.807) is 11.8 Å². The summed E-state index contributed by atoms with van der Waals surface area (Å²) < 4.78 is 12.6. The molecule has 2 nitrogen and oxygen atoms in total. The predicted molar refractivity (Wildman–Crippen MR) is 63.7 cm³/mol. The summed E-state index contributed by atoms with van der Waals surface area (Å²) in [7, 11) is 2.05. The van der Waals surface area contributed by atoms with Gasteiger partial charge in [0.2, 0.25) is 0 Å². The van der Waals surface area contributed by atoms with Gasteiger partial charge in [-0.3, -0.25) is 0 Å². The summed E-state index contributed by atoms with van der Waals surface area (Å²) in [6.45, 7) is 2.61. The van der Waals surface area contributed by atoms with E-state index in [-0.39, 0.29) is 5.82 Å². The molecule has 0 unspecified atom stereocenters. The maximum absolute atomic E-state index is 12.6. The number of hydrogen-bond acceptors (Lipinski definition) is 3. The minimum Gasteiger partial charge on any atom is -0.329 e. The van der Waals surface area contributed by atoms with Gasteiger partial charge in [0.15, 0.2) is 0 Å². The highest BCUT2D eigenvalue weighted by Gasteiger charge is 1.98. The second-order valence-corrected chi connectivity index (χ2v) is 4.56. The first-order valence-electron chi connectivity index (χ1n) is 4.99. The average molecular weight is 228 g/mol. The number of likely N-dealkylation sites (N-methyl/N-ethyl adjacent to an activating group) is 1. The third-order valence-corrected chi connectivity index (χ3v) is 3.06. The molecule has 0 amide bonds. The molecule has 4 heteroatoms. The SMILES string of the molecule is CN(CCN)CCSc1ccc(F)cc1. The van der Waals surface area contributed by atoms with Gasteiger partial charge in [-0.15, -0.1) is 11.8 Å². The number of hydrogen-bond donors (Lipinski definition) is 1. The van der Waals surface area contributed by atoms with E-state index in [4.69, 9.17) is 5.73 Å². The Morgan fingerprint density at radius 2 is 1.93 bits per heavy atom. The molecule has 0 bridgehead atoms. The molecule has 15 heavy (non-hydrogen) atoms. The summed E-state index contributed by atoms with van der Waals surface area (Å²) >= 11 is 1.73. The van der Waals surface area contributed by atoms with E-state index in [0.717, 1.165) is 23.7 Å². The molecule has 0 aliphatic carbocycles. The summed E-state index contributed by atoms with van der Waals surface area (Å²) in [5.41, 5.74) is 5.44. The van der Waals surface area contributed by atoms with Crippen LogP contribution in [-0.2, 0) is 0 Å². The summed E-state index contributed by atoms with van der Waals surface area (Å²) in [4.78, 5) is 3.30. The number of rotatable bonds is 6. The molecular weight excluding hydrogens is 211 g/mol. The van der Waals surface area contributed by atoms with Gasteiger partial charge in [-0.2, -0.15) is 0 Å². The first-order chi connectivity index (χ1) is 7.22. The van der Waals surface area contributed by atoms with Crippen molar-refractivity contribution < 1.29 is 4.39 Å². The molecule has 0 saturated heterocycles. The van der Waals surface area contributed by atoms with Crippen LogP contribution in [0.1, 0.15) is 0 Å². The van der Waals surface area contributed by atoms with E-state index >= 15 is 0 Å². The van der Waals surface area contributed by atoms with Gasteiger partial charge in [0, 0.05) is 30.3 Å². The van der Waals surface area contributed by atoms with Crippen molar-refractivity contribution in [3.63, 3.8) is 0 Å². The van der Waals surface area contributed by atoms with Crippen LogP contribution in [-0.4, -0.2) is 37.3 Å². The number of nitrogens with zero attached hydrogens (tertiary/aromatic N) is 1. The average Bonchev–Trinajstić information content (AvgIpc) is 2.21. The Balaban J connectivity index is 2.22. The van der Waals surface area contributed by atoms with Crippen LogP contribution in [0.25, 0.3) is 0 Å². The van der Waals surface area contributed by atoms with Crippen molar-refractivity contribution in [2.75, 3.05) is 32.4 Å². The van der Waals surface area contributed by atoms with Crippen LogP contribution in [0.15, 0.2) is 29.2 Å². The van der Waals surface area contributed by atoms with Crippen molar-refractivity contribution in [3.05, 3.63) is 30.1 Å². The molecule has 1 aromatic carbocycles. The van der Waals surface area contributed by atoms with Gasteiger partial charge in [-0.05, 0) is 31.3 Å². The molecule has 1 aromatic rings. The van der Waals surface area contributed by atoms with E-state index in [0.29, 0.717) is 6.54 Å². The number of nitrogens with two attached hydrogens (primary N) is 1. The molecule has 0 saturated carbocycles. The fourth-order valence-electron chi connectivity index (χ4n) is 1.18. The monoisotopic (exact) mass is 228 g/mol. The standard InChI is InChI=1S/C11H17FN2S/c1-14(7-6-13)8-9-15-11-4-2-10(12)3-5-11/h2-5H,6-9,13H2,1H3. The maximum atomic E-state index is 12.6. The maximum Gasteiger partial charge on any atom is 0.123 e. The summed E-state index contributed by atoms with van der Waals surface area (Å²) in [6.07, 6.45) is 0. The Labute approximate surface area is 94.6 Å². The van der Waals surface area contributed by atoms with Crippen molar-refractivity contribution >= 4 is 11.8 Å². The Kier molecular flexibility index (Phi) is 5.68. The number of benzene rings is 1. The Bertz CT molecular complexity index is 276. The lowest BCUT2D eigenvalue weighted by atomic mass is 10.4. The van der Waals surface area contributed by atoms with Crippen LogP contribution in [0.3, 0.4) is 0 Å². The van der Waals surface area contributed by atoms with E-state index in [9.17, 15) is 4.39 Å². The van der Waals surface area contributed by atoms with Crippen molar-refractivity contribution in [2.24, 2.45) is 5.73 Å². The fourth-order valence-corrected chi connectivity index (χ4v) is 2.15. The van der Waals surface area contributed by atoms with Crippen LogP contribution in [0.4, 0.5) is 4.39 Å². The largest absolute Gasteiger partial charge is 0.329 e. The molecule has 84 valence electrons. The normalized spacial score (nSPS) is 10.9. The first-order valence-corrected chi connectivity index (χ1v) is 5.98.